The van der Waals surface area contributed by atoms with E-state index in [0.29, 0.717) is 0 Å². The second-order valence-corrected chi connectivity index (χ2v) is 0.707. The Labute approximate surface area is 124 Å². The molecule has 0 atom stereocenters. The summed E-state index contributed by atoms with van der Waals surface area (Å²) in [5.74, 6) is 0. The molecule has 0 aliphatic rings. The fourth-order valence-electron chi connectivity index (χ4n) is 0. The molecule has 0 spiro atoms. The van der Waals surface area contributed by atoms with Gasteiger partial charge in [-0.25, -0.2) is 0 Å². The van der Waals surface area contributed by atoms with Crippen LogP contribution in [0.2, 0.25) is 0 Å². The van der Waals surface area contributed by atoms with Crippen LogP contribution in [0.4, 0.5) is 0 Å². The van der Waals surface area contributed by atoms with Gasteiger partial charge in [-0.1, -0.05) is 34.1 Å². The zero-order chi connectivity index (χ0) is 4.71. The molecule has 0 heterocycles. The second-order valence-electron chi connectivity index (χ2n) is 0.707. The molecule has 47 valence electrons. The zero-order valence-electron chi connectivity index (χ0n) is 8.28. The fourth-order valence-corrected chi connectivity index (χ4v) is 0. The topological polar surface area (TPSA) is 0 Å². The monoisotopic (exact) mass is 218 g/mol. The first-order valence-corrected chi connectivity index (χ1v) is 2.41. The minimum Gasteiger partial charge on any atom is -1.00 e. The fraction of sp³-hybridized carbons (Fsp3) is 0.833. The molecule has 0 nitrogen and oxygen atoms in total. The Bertz CT molecular complexity index is 13.0. The SMILES string of the molecule is CC.CCC.[CH3-].[H-].[K+].[Y]. The van der Waals surface area contributed by atoms with Crippen molar-refractivity contribution in [2.45, 2.75) is 34.1 Å². The third-order valence-corrected chi connectivity index (χ3v) is 0. The molecule has 0 aromatic carbocycles. The minimum atomic E-state index is 0. The summed E-state index contributed by atoms with van der Waals surface area (Å²) < 4.78 is 0. The second kappa shape index (κ2) is 53.2. The summed E-state index contributed by atoms with van der Waals surface area (Å²) in [6.07, 6.45) is 1.25. The van der Waals surface area contributed by atoms with E-state index in [1.807, 2.05) is 13.8 Å². The predicted molar refractivity (Wildman–Crippen MR) is 34.8 cm³/mol. The average molecular weight is 218 g/mol. The molecule has 0 bridgehead atoms. The summed E-state index contributed by atoms with van der Waals surface area (Å²) >= 11 is 0. The molecule has 1 radical (unpaired) electrons. The number of rotatable bonds is 0. The molecular formula is C6H18KY-. The molecule has 0 N–H and O–H groups in total. The first kappa shape index (κ1) is 30.9. The molecule has 0 aliphatic carbocycles. The summed E-state index contributed by atoms with van der Waals surface area (Å²) in [7, 11) is 0. The first-order valence-electron chi connectivity index (χ1n) is 2.41. The van der Waals surface area contributed by atoms with Crippen LogP contribution >= 0.6 is 0 Å². The smallest absolute Gasteiger partial charge is 1.00 e. The third-order valence-electron chi connectivity index (χ3n) is 0. The predicted octanol–water partition coefficient (Wildman–Crippen LogP) is 0.00679. The van der Waals surface area contributed by atoms with Crippen LogP contribution in [0.15, 0.2) is 0 Å². The Balaban J connectivity index is -0.00000000357. The van der Waals surface area contributed by atoms with E-state index < -0.39 is 0 Å². The molecule has 0 saturated heterocycles. The molecule has 0 amide bonds. The zero-order valence-corrected chi connectivity index (χ0v) is 13.2. The van der Waals surface area contributed by atoms with E-state index in [1.165, 1.54) is 6.42 Å². The van der Waals surface area contributed by atoms with Gasteiger partial charge < -0.3 is 8.85 Å². The average Bonchev–Trinajstić information content (AvgIpc) is 1.46. The Morgan fingerprint density at radius 1 is 1.12 bits per heavy atom. The van der Waals surface area contributed by atoms with E-state index in [2.05, 4.69) is 13.8 Å². The molecule has 0 aromatic rings. The van der Waals surface area contributed by atoms with E-state index in [0.717, 1.165) is 0 Å². The molecule has 0 unspecified atom stereocenters. The Morgan fingerprint density at radius 3 is 1.12 bits per heavy atom. The number of hydrogen-bond acceptors (Lipinski definition) is 0. The molecule has 8 heavy (non-hydrogen) atoms. The van der Waals surface area contributed by atoms with Gasteiger partial charge in [-0.3, -0.25) is 0 Å². The van der Waals surface area contributed by atoms with Gasteiger partial charge in [0, 0.05) is 32.7 Å². The first-order chi connectivity index (χ1) is 2.41. The van der Waals surface area contributed by atoms with Crippen LogP contribution in [0.3, 0.4) is 0 Å². The van der Waals surface area contributed by atoms with Crippen molar-refractivity contribution in [3.05, 3.63) is 7.43 Å². The van der Waals surface area contributed by atoms with Gasteiger partial charge in [0.25, 0.3) is 0 Å². The van der Waals surface area contributed by atoms with Gasteiger partial charge in [-0.05, 0) is 0 Å². The van der Waals surface area contributed by atoms with Gasteiger partial charge in [0.1, 0.15) is 0 Å². The molecule has 2 heteroatoms. The van der Waals surface area contributed by atoms with E-state index >= 15 is 0 Å². The van der Waals surface area contributed by atoms with Crippen molar-refractivity contribution in [3.63, 3.8) is 0 Å². The van der Waals surface area contributed by atoms with Crippen LogP contribution < -0.4 is 51.4 Å². The van der Waals surface area contributed by atoms with Crippen molar-refractivity contribution in [1.82, 2.24) is 0 Å². The van der Waals surface area contributed by atoms with Crippen molar-refractivity contribution >= 4 is 0 Å². The number of hydrogen-bond donors (Lipinski definition) is 0. The molecule has 0 saturated carbocycles. The van der Waals surface area contributed by atoms with Crippen LogP contribution in [-0.4, -0.2) is 0 Å². The van der Waals surface area contributed by atoms with E-state index in [1.54, 1.807) is 0 Å². The van der Waals surface area contributed by atoms with Crippen molar-refractivity contribution in [3.8, 4) is 0 Å². The van der Waals surface area contributed by atoms with Gasteiger partial charge in [-0.2, -0.15) is 0 Å². The maximum absolute atomic E-state index is 2.12. The standard InChI is InChI=1S/C3H8.C2H6.CH3.K.Y.H/c1-3-2;1-2;;;;/h3H2,1-2H3;1-2H3;1H3;;;/q;;-1;+1;;-1. The maximum Gasteiger partial charge on any atom is 1.00 e. The molecular weight excluding hydrogens is 200 g/mol. The van der Waals surface area contributed by atoms with Gasteiger partial charge in [-0.15, -0.1) is 0 Å². The molecule has 0 aliphatic heterocycles. The van der Waals surface area contributed by atoms with Gasteiger partial charge in [0.2, 0.25) is 0 Å². The van der Waals surface area contributed by atoms with Crippen molar-refractivity contribution in [2.75, 3.05) is 0 Å². The van der Waals surface area contributed by atoms with Gasteiger partial charge >= 0.3 is 51.4 Å². The van der Waals surface area contributed by atoms with Gasteiger partial charge in [0.05, 0.1) is 0 Å². The van der Waals surface area contributed by atoms with Crippen LogP contribution in [0.5, 0.6) is 0 Å². The Kier molecular flexibility index (Phi) is 206. The van der Waals surface area contributed by atoms with E-state index in [-0.39, 0.29) is 92.9 Å². The molecule has 0 fully saturated rings. The third kappa shape index (κ3) is 69.7. The van der Waals surface area contributed by atoms with E-state index in [9.17, 15) is 0 Å². The molecule has 0 aromatic heterocycles. The Hall–Kier alpha value is 2.74. The summed E-state index contributed by atoms with van der Waals surface area (Å²) in [6, 6.07) is 0. The maximum atomic E-state index is 2.12. The van der Waals surface area contributed by atoms with Crippen LogP contribution in [0, 0.1) is 7.43 Å². The van der Waals surface area contributed by atoms with Crippen molar-refractivity contribution < 1.29 is 85.5 Å². The minimum absolute atomic E-state index is 0. The summed E-state index contributed by atoms with van der Waals surface area (Å²) in [6.45, 7) is 8.25. The Morgan fingerprint density at radius 2 is 1.12 bits per heavy atom. The molecule has 0 rings (SSSR count). The van der Waals surface area contributed by atoms with E-state index in [4.69, 9.17) is 0 Å². The summed E-state index contributed by atoms with van der Waals surface area (Å²) in [5.41, 5.74) is 0. The van der Waals surface area contributed by atoms with Gasteiger partial charge in [0.15, 0.2) is 0 Å². The summed E-state index contributed by atoms with van der Waals surface area (Å²) in [4.78, 5) is 0. The van der Waals surface area contributed by atoms with Crippen molar-refractivity contribution in [1.29, 1.82) is 0 Å². The van der Waals surface area contributed by atoms with Crippen LogP contribution in [0.1, 0.15) is 35.5 Å². The van der Waals surface area contributed by atoms with Crippen LogP contribution in [-0.2, 0) is 32.7 Å². The largest absolute Gasteiger partial charge is 1.00 e. The summed E-state index contributed by atoms with van der Waals surface area (Å²) in [5, 5.41) is 0. The van der Waals surface area contributed by atoms with Crippen LogP contribution in [0.25, 0.3) is 0 Å². The normalized spacial score (nSPS) is 3.00. The van der Waals surface area contributed by atoms with Crippen molar-refractivity contribution in [2.24, 2.45) is 0 Å². The quantitative estimate of drug-likeness (QED) is 0.397.